The fourth-order valence-corrected chi connectivity index (χ4v) is 2.49. The highest BCUT2D eigenvalue weighted by Gasteiger charge is 2.19. The molecule has 130 valence electrons. The van der Waals surface area contributed by atoms with Gasteiger partial charge >= 0.3 is 11.9 Å². The van der Waals surface area contributed by atoms with E-state index >= 15 is 0 Å². The number of halogens is 1. The predicted octanol–water partition coefficient (Wildman–Crippen LogP) is 3.57. The lowest BCUT2D eigenvalue weighted by Crippen LogP contribution is -2.17. The smallest absolute Gasteiger partial charge is 0.310 e. The third kappa shape index (κ3) is 5.88. The second kappa shape index (κ2) is 8.78. The maximum Gasteiger partial charge on any atom is 0.310 e. The molecule has 0 fully saturated rings. The Kier molecular flexibility index (Phi) is 6.46. The van der Waals surface area contributed by atoms with Gasteiger partial charge in [0.1, 0.15) is 5.82 Å². The Hall–Kier alpha value is -2.95. The molecular weight excluding hydrogens is 323 g/mol. The summed E-state index contributed by atoms with van der Waals surface area (Å²) in [6.45, 7) is 0. The Balaban J connectivity index is 2.10. The van der Waals surface area contributed by atoms with Gasteiger partial charge in [0, 0.05) is 0 Å². The van der Waals surface area contributed by atoms with Gasteiger partial charge < -0.3 is 10.2 Å². The van der Waals surface area contributed by atoms with Crippen molar-refractivity contribution in [3.8, 4) is 0 Å². The molecule has 0 bridgehead atoms. The van der Waals surface area contributed by atoms with Crippen LogP contribution in [-0.4, -0.2) is 22.2 Å². The number of hydrogen-bond donors (Lipinski definition) is 2. The summed E-state index contributed by atoms with van der Waals surface area (Å²) in [6, 6.07) is 14.8. The zero-order valence-corrected chi connectivity index (χ0v) is 13.5. The molecule has 25 heavy (non-hydrogen) atoms. The van der Waals surface area contributed by atoms with Crippen LogP contribution in [0.25, 0.3) is 0 Å². The van der Waals surface area contributed by atoms with E-state index in [-0.39, 0.29) is 18.7 Å². The number of carboxylic acids is 2. The standard InChI is InChI=1S/C20H19FO4/c21-18-10-6-15(7-11-18)13-17(20(24)25)9-8-16(19(22)23)12-14-4-2-1-3-5-14/h1-11,16-17H,12-13H2,(H,22,23)(H,24,25). The van der Waals surface area contributed by atoms with E-state index in [0.29, 0.717) is 5.56 Å². The number of carboxylic acid groups (broad SMARTS) is 2. The van der Waals surface area contributed by atoms with Crippen molar-refractivity contribution in [1.29, 1.82) is 0 Å². The minimum absolute atomic E-state index is 0.170. The number of aliphatic carboxylic acids is 2. The van der Waals surface area contributed by atoms with Crippen molar-refractivity contribution in [2.45, 2.75) is 12.8 Å². The van der Waals surface area contributed by atoms with Crippen molar-refractivity contribution in [1.82, 2.24) is 0 Å². The van der Waals surface area contributed by atoms with Crippen molar-refractivity contribution in [2.75, 3.05) is 0 Å². The summed E-state index contributed by atoms with van der Waals surface area (Å²) in [5.41, 5.74) is 1.54. The first-order valence-electron chi connectivity index (χ1n) is 7.88. The molecule has 2 unspecified atom stereocenters. The third-order valence-electron chi connectivity index (χ3n) is 3.88. The van der Waals surface area contributed by atoms with E-state index in [0.717, 1.165) is 5.56 Å². The molecule has 5 heteroatoms. The third-order valence-corrected chi connectivity index (χ3v) is 3.88. The molecule has 2 aromatic carbocycles. The van der Waals surface area contributed by atoms with Crippen molar-refractivity contribution in [2.24, 2.45) is 11.8 Å². The Labute approximate surface area is 145 Å². The van der Waals surface area contributed by atoms with Crippen LogP contribution in [-0.2, 0) is 22.4 Å². The first-order chi connectivity index (χ1) is 12.0. The fourth-order valence-electron chi connectivity index (χ4n) is 2.49. The van der Waals surface area contributed by atoms with Gasteiger partial charge in [0.05, 0.1) is 11.8 Å². The van der Waals surface area contributed by atoms with Crippen molar-refractivity contribution >= 4 is 11.9 Å². The van der Waals surface area contributed by atoms with E-state index < -0.39 is 23.8 Å². The molecule has 0 spiro atoms. The van der Waals surface area contributed by atoms with Crippen molar-refractivity contribution in [3.05, 3.63) is 83.7 Å². The minimum Gasteiger partial charge on any atom is -0.481 e. The normalized spacial score (nSPS) is 13.5. The van der Waals surface area contributed by atoms with Gasteiger partial charge in [-0.1, -0.05) is 54.6 Å². The molecule has 0 amide bonds. The molecule has 0 heterocycles. The van der Waals surface area contributed by atoms with Crippen LogP contribution in [0.4, 0.5) is 4.39 Å². The van der Waals surface area contributed by atoms with Gasteiger partial charge in [-0.3, -0.25) is 9.59 Å². The highest BCUT2D eigenvalue weighted by Crippen LogP contribution is 2.16. The van der Waals surface area contributed by atoms with Crippen LogP contribution in [0.15, 0.2) is 66.7 Å². The summed E-state index contributed by atoms with van der Waals surface area (Å²) in [4.78, 5) is 22.9. The highest BCUT2D eigenvalue weighted by atomic mass is 19.1. The summed E-state index contributed by atoms with van der Waals surface area (Å²) in [5, 5.41) is 18.7. The van der Waals surface area contributed by atoms with Gasteiger partial charge in [0.2, 0.25) is 0 Å². The fraction of sp³-hybridized carbons (Fsp3) is 0.200. The number of benzene rings is 2. The molecule has 2 atom stereocenters. The summed E-state index contributed by atoms with van der Waals surface area (Å²) in [5.74, 6) is -4.13. The lowest BCUT2D eigenvalue weighted by Gasteiger charge is -2.11. The first-order valence-corrected chi connectivity index (χ1v) is 7.88. The van der Waals surface area contributed by atoms with Gasteiger partial charge in [-0.2, -0.15) is 0 Å². The molecule has 0 radical (unpaired) electrons. The van der Waals surface area contributed by atoms with Gasteiger partial charge in [-0.15, -0.1) is 0 Å². The van der Waals surface area contributed by atoms with Crippen LogP contribution in [0.3, 0.4) is 0 Å². The number of hydrogen-bond acceptors (Lipinski definition) is 2. The molecule has 2 aromatic rings. The monoisotopic (exact) mass is 342 g/mol. The summed E-state index contributed by atoms with van der Waals surface area (Å²) in [7, 11) is 0. The zero-order chi connectivity index (χ0) is 18.2. The molecule has 0 aliphatic carbocycles. The van der Waals surface area contributed by atoms with E-state index in [4.69, 9.17) is 0 Å². The van der Waals surface area contributed by atoms with E-state index in [2.05, 4.69) is 0 Å². The van der Waals surface area contributed by atoms with E-state index in [1.165, 1.54) is 36.4 Å². The molecule has 0 aliphatic rings. The molecule has 4 nitrogen and oxygen atoms in total. The quantitative estimate of drug-likeness (QED) is 0.719. The Morgan fingerprint density at radius 2 is 1.24 bits per heavy atom. The molecule has 0 aliphatic heterocycles. The molecule has 0 saturated heterocycles. The summed E-state index contributed by atoms with van der Waals surface area (Å²) in [6.07, 6.45) is 3.30. The zero-order valence-electron chi connectivity index (χ0n) is 13.5. The minimum atomic E-state index is -1.05. The number of rotatable bonds is 8. The van der Waals surface area contributed by atoms with E-state index in [1.807, 2.05) is 30.3 Å². The predicted molar refractivity (Wildman–Crippen MR) is 91.6 cm³/mol. The largest absolute Gasteiger partial charge is 0.481 e. The van der Waals surface area contributed by atoms with Crippen LogP contribution in [0.2, 0.25) is 0 Å². The van der Waals surface area contributed by atoms with E-state index in [1.54, 1.807) is 0 Å². The maximum absolute atomic E-state index is 12.9. The summed E-state index contributed by atoms with van der Waals surface area (Å²) < 4.78 is 12.9. The van der Waals surface area contributed by atoms with Crippen molar-refractivity contribution in [3.63, 3.8) is 0 Å². The highest BCUT2D eigenvalue weighted by molar-refractivity contribution is 5.75. The topological polar surface area (TPSA) is 74.6 Å². The Bertz CT molecular complexity index is 738. The average Bonchev–Trinajstić information content (AvgIpc) is 2.59. The van der Waals surface area contributed by atoms with Crippen LogP contribution in [0.1, 0.15) is 11.1 Å². The second-order valence-corrected chi connectivity index (χ2v) is 5.79. The van der Waals surface area contributed by atoms with Gasteiger partial charge in [0.15, 0.2) is 0 Å². The lowest BCUT2D eigenvalue weighted by atomic mass is 9.94. The number of carbonyl (C=O) groups is 2. The maximum atomic E-state index is 12.9. The Morgan fingerprint density at radius 1 is 0.800 bits per heavy atom. The molecular formula is C20H19FO4. The second-order valence-electron chi connectivity index (χ2n) is 5.79. The van der Waals surface area contributed by atoms with Gasteiger partial charge in [-0.25, -0.2) is 4.39 Å². The average molecular weight is 342 g/mol. The van der Waals surface area contributed by atoms with Gasteiger partial charge in [-0.05, 0) is 36.1 Å². The molecule has 2 N–H and O–H groups in total. The summed E-state index contributed by atoms with van der Waals surface area (Å²) >= 11 is 0. The van der Waals surface area contributed by atoms with Gasteiger partial charge in [0.25, 0.3) is 0 Å². The molecule has 2 rings (SSSR count). The van der Waals surface area contributed by atoms with Crippen LogP contribution >= 0.6 is 0 Å². The van der Waals surface area contributed by atoms with E-state index in [9.17, 15) is 24.2 Å². The SMILES string of the molecule is O=C(O)C(C=CC(Cc1ccc(F)cc1)C(=O)O)Cc1ccccc1. The van der Waals surface area contributed by atoms with Crippen molar-refractivity contribution < 1.29 is 24.2 Å². The van der Waals surface area contributed by atoms with Crippen LogP contribution in [0, 0.1) is 17.7 Å². The molecule has 0 saturated carbocycles. The van der Waals surface area contributed by atoms with Crippen LogP contribution in [0.5, 0.6) is 0 Å². The first kappa shape index (κ1) is 18.4. The Morgan fingerprint density at radius 3 is 1.68 bits per heavy atom. The molecule has 0 aromatic heterocycles. The van der Waals surface area contributed by atoms with Crippen LogP contribution < -0.4 is 0 Å². The lowest BCUT2D eigenvalue weighted by molar-refractivity contribution is -0.141.